The summed E-state index contributed by atoms with van der Waals surface area (Å²) in [6, 6.07) is 8.87. The molecular weight excluding hydrogens is 188 g/mol. The molecule has 76 valence electrons. The van der Waals surface area contributed by atoms with Gasteiger partial charge in [0.2, 0.25) is 0 Å². The molecule has 0 saturated carbocycles. The summed E-state index contributed by atoms with van der Waals surface area (Å²) in [5.74, 6) is 1.94. The Bertz CT molecular complexity index is 330. The Morgan fingerprint density at radius 1 is 1.21 bits per heavy atom. The molecule has 1 unspecified atom stereocenters. The molecule has 0 radical (unpaired) electrons. The average Bonchev–Trinajstić information content (AvgIpc) is 2.17. The van der Waals surface area contributed by atoms with Crippen LogP contribution in [-0.4, -0.2) is 4.75 Å². The van der Waals surface area contributed by atoms with Crippen molar-refractivity contribution in [3.05, 3.63) is 35.4 Å². The van der Waals surface area contributed by atoms with E-state index < -0.39 is 0 Å². The first-order valence-corrected chi connectivity index (χ1v) is 6.31. The summed E-state index contributed by atoms with van der Waals surface area (Å²) in [5, 5.41) is 0. The lowest BCUT2D eigenvalue weighted by Gasteiger charge is -2.37. The minimum atomic E-state index is 0.439. The third-order valence-electron chi connectivity index (χ3n) is 3.44. The van der Waals surface area contributed by atoms with Gasteiger partial charge in [-0.3, -0.25) is 0 Å². The zero-order chi connectivity index (χ0) is 10.2. The van der Waals surface area contributed by atoms with Gasteiger partial charge in [-0.05, 0) is 30.4 Å². The Hall–Kier alpha value is -0.430. The smallest absolute Gasteiger partial charge is 0.0198 e. The van der Waals surface area contributed by atoms with Gasteiger partial charge in [0.1, 0.15) is 0 Å². The minimum absolute atomic E-state index is 0.439. The van der Waals surface area contributed by atoms with Crippen LogP contribution in [0.4, 0.5) is 0 Å². The molecule has 14 heavy (non-hydrogen) atoms. The fourth-order valence-corrected chi connectivity index (χ4v) is 3.27. The second-order valence-electron chi connectivity index (χ2n) is 4.70. The van der Waals surface area contributed by atoms with Crippen molar-refractivity contribution in [1.29, 1.82) is 0 Å². The maximum atomic E-state index is 2.40. The highest BCUT2D eigenvalue weighted by atomic mass is 32.2. The fourth-order valence-electron chi connectivity index (χ4n) is 1.91. The monoisotopic (exact) mass is 206 g/mol. The van der Waals surface area contributed by atoms with Crippen molar-refractivity contribution in [3.8, 4) is 0 Å². The number of hydrogen-bond donors (Lipinski definition) is 0. The molecule has 0 fully saturated rings. The summed E-state index contributed by atoms with van der Waals surface area (Å²) < 4.78 is 0.439. The van der Waals surface area contributed by atoms with Crippen LogP contribution in [0.25, 0.3) is 0 Å². The predicted molar refractivity (Wildman–Crippen MR) is 64.7 cm³/mol. The van der Waals surface area contributed by atoms with Crippen molar-refractivity contribution >= 4 is 11.8 Å². The Morgan fingerprint density at radius 2 is 1.86 bits per heavy atom. The van der Waals surface area contributed by atoms with E-state index >= 15 is 0 Å². The van der Waals surface area contributed by atoms with Gasteiger partial charge in [-0.1, -0.05) is 38.1 Å². The molecule has 1 aliphatic rings. The number of fused-ring (bicyclic) bond motifs is 1. The normalized spacial score (nSPS) is 26.3. The molecule has 0 spiro atoms. The van der Waals surface area contributed by atoms with E-state index in [0.29, 0.717) is 4.75 Å². The topological polar surface area (TPSA) is 0 Å². The molecule has 0 saturated heterocycles. The van der Waals surface area contributed by atoms with Gasteiger partial charge in [-0.15, -0.1) is 0 Å². The molecular formula is C13H18S. The van der Waals surface area contributed by atoms with Crippen LogP contribution in [0.1, 0.15) is 31.9 Å². The van der Waals surface area contributed by atoms with E-state index in [0.717, 1.165) is 5.92 Å². The number of rotatable bonds is 1. The zero-order valence-electron chi connectivity index (χ0n) is 9.21. The van der Waals surface area contributed by atoms with Gasteiger partial charge in [-0.2, -0.15) is 11.8 Å². The lowest BCUT2D eigenvalue weighted by atomic mass is 9.88. The Balaban J connectivity index is 2.29. The van der Waals surface area contributed by atoms with E-state index in [9.17, 15) is 0 Å². The average molecular weight is 206 g/mol. The van der Waals surface area contributed by atoms with E-state index in [-0.39, 0.29) is 0 Å². The quantitative estimate of drug-likeness (QED) is 0.671. The van der Waals surface area contributed by atoms with Gasteiger partial charge in [0.25, 0.3) is 0 Å². The van der Waals surface area contributed by atoms with Crippen LogP contribution in [0, 0.1) is 5.92 Å². The second kappa shape index (κ2) is 3.62. The lowest BCUT2D eigenvalue weighted by molar-refractivity contribution is 0.459. The predicted octanol–water partition coefficient (Wildman–Crippen LogP) is 3.89. The van der Waals surface area contributed by atoms with E-state index in [1.165, 1.54) is 17.7 Å². The molecule has 1 aromatic rings. The van der Waals surface area contributed by atoms with Crippen molar-refractivity contribution < 1.29 is 0 Å². The van der Waals surface area contributed by atoms with Gasteiger partial charge in [-0.25, -0.2) is 0 Å². The molecule has 0 N–H and O–H groups in total. The van der Waals surface area contributed by atoms with Gasteiger partial charge < -0.3 is 0 Å². The van der Waals surface area contributed by atoms with Crippen LogP contribution < -0.4 is 0 Å². The van der Waals surface area contributed by atoms with Crippen LogP contribution in [-0.2, 0) is 12.2 Å². The molecule has 0 aromatic heterocycles. The number of benzene rings is 1. The Labute approximate surface area is 91.1 Å². The molecule has 0 bridgehead atoms. The molecule has 0 nitrogen and oxygen atoms in total. The maximum absolute atomic E-state index is 2.40. The maximum Gasteiger partial charge on any atom is 0.0198 e. The van der Waals surface area contributed by atoms with Crippen molar-refractivity contribution in [2.45, 2.75) is 37.7 Å². The highest BCUT2D eigenvalue weighted by Crippen LogP contribution is 2.42. The van der Waals surface area contributed by atoms with Crippen LogP contribution in [0.3, 0.4) is 0 Å². The van der Waals surface area contributed by atoms with Crippen LogP contribution in [0.2, 0.25) is 0 Å². The SMILES string of the molecule is CC(C)C1(C)Cc2ccccc2CS1. The number of hydrogen-bond acceptors (Lipinski definition) is 1. The zero-order valence-corrected chi connectivity index (χ0v) is 10.0. The first-order valence-electron chi connectivity index (χ1n) is 5.32. The molecule has 1 heteroatoms. The van der Waals surface area contributed by atoms with Crippen molar-refractivity contribution in [3.63, 3.8) is 0 Å². The summed E-state index contributed by atoms with van der Waals surface area (Å²) >= 11 is 2.12. The van der Waals surface area contributed by atoms with Crippen LogP contribution in [0.5, 0.6) is 0 Å². The summed E-state index contributed by atoms with van der Waals surface area (Å²) in [4.78, 5) is 0. The number of thioether (sulfide) groups is 1. The third-order valence-corrected chi connectivity index (χ3v) is 5.17. The van der Waals surface area contributed by atoms with Crippen molar-refractivity contribution in [2.24, 2.45) is 5.92 Å². The highest BCUT2D eigenvalue weighted by molar-refractivity contribution is 7.99. The summed E-state index contributed by atoms with van der Waals surface area (Å²) in [6.07, 6.45) is 1.23. The summed E-state index contributed by atoms with van der Waals surface area (Å²) in [7, 11) is 0. The molecule has 1 heterocycles. The summed E-state index contributed by atoms with van der Waals surface area (Å²) in [5.41, 5.74) is 3.10. The Morgan fingerprint density at radius 3 is 2.50 bits per heavy atom. The van der Waals surface area contributed by atoms with Crippen LogP contribution >= 0.6 is 11.8 Å². The molecule has 0 amide bonds. The minimum Gasteiger partial charge on any atom is -0.150 e. The molecule has 2 rings (SSSR count). The highest BCUT2D eigenvalue weighted by Gasteiger charge is 2.33. The third kappa shape index (κ3) is 1.70. The Kier molecular flexibility index (Phi) is 2.61. The molecule has 0 aliphatic carbocycles. The molecule has 1 aromatic carbocycles. The second-order valence-corrected chi connectivity index (χ2v) is 6.21. The first kappa shape index (κ1) is 10.1. The van der Waals surface area contributed by atoms with Crippen LogP contribution in [0.15, 0.2) is 24.3 Å². The molecule has 1 atom stereocenters. The van der Waals surface area contributed by atoms with E-state index in [2.05, 4.69) is 56.8 Å². The fraction of sp³-hybridized carbons (Fsp3) is 0.538. The van der Waals surface area contributed by atoms with E-state index in [1.807, 2.05) is 0 Å². The van der Waals surface area contributed by atoms with Gasteiger partial charge in [0.15, 0.2) is 0 Å². The first-order chi connectivity index (χ1) is 6.62. The van der Waals surface area contributed by atoms with E-state index in [1.54, 1.807) is 5.56 Å². The van der Waals surface area contributed by atoms with Crippen molar-refractivity contribution in [1.82, 2.24) is 0 Å². The standard InChI is InChI=1S/C13H18S/c1-10(2)13(3)8-11-6-4-5-7-12(11)9-14-13/h4-7,10H,8-9H2,1-3H3. The van der Waals surface area contributed by atoms with Gasteiger partial charge in [0, 0.05) is 10.5 Å². The van der Waals surface area contributed by atoms with Gasteiger partial charge >= 0.3 is 0 Å². The largest absolute Gasteiger partial charge is 0.150 e. The van der Waals surface area contributed by atoms with Gasteiger partial charge in [0.05, 0.1) is 0 Å². The summed E-state index contributed by atoms with van der Waals surface area (Å²) in [6.45, 7) is 7.07. The molecule has 1 aliphatic heterocycles. The van der Waals surface area contributed by atoms with Crippen molar-refractivity contribution in [2.75, 3.05) is 0 Å². The lowest BCUT2D eigenvalue weighted by Crippen LogP contribution is -2.33. The van der Waals surface area contributed by atoms with E-state index in [4.69, 9.17) is 0 Å².